The largest absolute Gasteiger partial charge is 0.497 e. The Balaban J connectivity index is 2.51. The zero-order chi connectivity index (χ0) is 13.0. The summed E-state index contributed by atoms with van der Waals surface area (Å²) in [5.74, 6) is 1.15. The van der Waals surface area contributed by atoms with E-state index < -0.39 is 0 Å². The van der Waals surface area contributed by atoms with Gasteiger partial charge in [-0.25, -0.2) is 4.98 Å². The summed E-state index contributed by atoms with van der Waals surface area (Å²) >= 11 is 0. The molecule has 0 spiro atoms. The van der Waals surface area contributed by atoms with Gasteiger partial charge in [0.2, 0.25) is 5.88 Å². The molecule has 1 aromatic carbocycles. The molecule has 0 saturated carbocycles. The highest BCUT2D eigenvalue weighted by molar-refractivity contribution is 5.82. The van der Waals surface area contributed by atoms with Crippen LogP contribution in [0.1, 0.15) is 18.9 Å². The van der Waals surface area contributed by atoms with Crippen molar-refractivity contribution in [1.29, 1.82) is 5.26 Å². The Kier molecular flexibility index (Phi) is 3.63. The summed E-state index contributed by atoms with van der Waals surface area (Å²) in [7, 11) is 1.61. The Morgan fingerprint density at radius 2 is 2.17 bits per heavy atom. The van der Waals surface area contributed by atoms with Crippen LogP contribution < -0.4 is 9.47 Å². The summed E-state index contributed by atoms with van der Waals surface area (Å²) in [4.78, 5) is 4.36. The monoisotopic (exact) mass is 242 g/mol. The molecule has 4 heteroatoms. The molecule has 4 nitrogen and oxygen atoms in total. The highest BCUT2D eigenvalue weighted by Crippen LogP contribution is 2.25. The number of fused-ring (bicyclic) bond motifs is 1. The Bertz CT molecular complexity index is 603. The van der Waals surface area contributed by atoms with Crippen molar-refractivity contribution >= 4 is 10.9 Å². The number of aromatic nitrogens is 1. The van der Waals surface area contributed by atoms with Crippen LogP contribution >= 0.6 is 0 Å². The van der Waals surface area contributed by atoms with Gasteiger partial charge in [-0.05, 0) is 30.7 Å². The molecule has 0 N–H and O–H groups in total. The molecule has 1 aromatic heterocycles. The first-order chi connectivity index (χ1) is 8.78. The summed E-state index contributed by atoms with van der Waals surface area (Å²) in [5, 5.41) is 9.97. The lowest BCUT2D eigenvalue weighted by Gasteiger charge is -2.08. The quantitative estimate of drug-likeness (QED) is 0.827. The van der Waals surface area contributed by atoms with Gasteiger partial charge in [0.25, 0.3) is 0 Å². The minimum absolute atomic E-state index is 0.400. The smallest absolute Gasteiger partial charge is 0.232 e. The molecule has 1 heterocycles. The second kappa shape index (κ2) is 5.37. The molecule has 92 valence electrons. The predicted octanol–water partition coefficient (Wildman–Crippen LogP) is 2.90. The molecule has 0 amide bonds. The highest BCUT2D eigenvalue weighted by Gasteiger charge is 2.08. The van der Waals surface area contributed by atoms with Gasteiger partial charge in [-0.2, -0.15) is 5.26 Å². The fraction of sp³-hybridized carbons (Fsp3) is 0.286. The lowest BCUT2D eigenvalue weighted by Crippen LogP contribution is -2.00. The van der Waals surface area contributed by atoms with E-state index in [2.05, 4.69) is 11.1 Å². The highest BCUT2D eigenvalue weighted by atomic mass is 16.5. The van der Waals surface area contributed by atoms with Gasteiger partial charge in [-0.3, -0.25) is 0 Å². The third-order valence-corrected chi connectivity index (χ3v) is 2.55. The van der Waals surface area contributed by atoms with Crippen LogP contribution in [-0.2, 0) is 0 Å². The van der Waals surface area contributed by atoms with Crippen LogP contribution in [-0.4, -0.2) is 18.7 Å². The molecule has 0 radical (unpaired) electrons. The number of hydrogen-bond donors (Lipinski definition) is 0. The van der Waals surface area contributed by atoms with Crippen molar-refractivity contribution in [1.82, 2.24) is 4.98 Å². The molecule has 0 aliphatic carbocycles. The van der Waals surface area contributed by atoms with Crippen molar-refractivity contribution in [3.05, 3.63) is 29.8 Å². The maximum Gasteiger partial charge on any atom is 0.232 e. The molecular weight excluding hydrogens is 228 g/mol. The lowest BCUT2D eigenvalue weighted by atomic mass is 10.1. The fourth-order valence-corrected chi connectivity index (χ4v) is 1.65. The molecule has 0 aliphatic rings. The van der Waals surface area contributed by atoms with E-state index in [0.717, 1.165) is 23.1 Å². The van der Waals surface area contributed by atoms with Gasteiger partial charge in [0.05, 0.1) is 19.2 Å². The molecule has 18 heavy (non-hydrogen) atoms. The molecule has 0 atom stereocenters. The minimum Gasteiger partial charge on any atom is -0.497 e. The molecular formula is C14H14N2O2. The van der Waals surface area contributed by atoms with Gasteiger partial charge in [-0.15, -0.1) is 0 Å². The van der Waals surface area contributed by atoms with Crippen molar-refractivity contribution < 1.29 is 9.47 Å². The second-order valence-electron chi connectivity index (χ2n) is 3.86. The fourth-order valence-electron chi connectivity index (χ4n) is 1.65. The summed E-state index contributed by atoms with van der Waals surface area (Å²) in [5.41, 5.74) is 1.24. The van der Waals surface area contributed by atoms with E-state index >= 15 is 0 Å². The first kappa shape index (κ1) is 12.2. The summed E-state index contributed by atoms with van der Waals surface area (Å²) in [6.07, 6.45) is 0.882. The van der Waals surface area contributed by atoms with Crippen molar-refractivity contribution in [3.63, 3.8) is 0 Å². The zero-order valence-corrected chi connectivity index (χ0v) is 10.4. The first-order valence-electron chi connectivity index (χ1n) is 5.80. The topological polar surface area (TPSA) is 55.1 Å². The third-order valence-electron chi connectivity index (χ3n) is 2.55. The Labute approximate surface area is 106 Å². The number of methoxy groups -OCH3 is 1. The molecule has 2 aromatic rings. The Morgan fingerprint density at radius 1 is 1.33 bits per heavy atom. The van der Waals surface area contributed by atoms with E-state index in [-0.39, 0.29) is 0 Å². The first-order valence-corrected chi connectivity index (χ1v) is 5.80. The zero-order valence-electron chi connectivity index (χ0n) is 10.4. The van der Waals surface area contributed by atoms with Crippen molar-refractivity contribution in [2.75, 3.05) is 13.7 Å². The van der Waals surface area contributed by atoms with E-state index in [4.69, 9.17) is 14.7 Å². The van der Waals surface area contributed by atoms with E-state index in [1.54, 1.807) is 13.2 Å². The van der Waals surface area contributed by atoms with Crippen LogP contribution in [0.25, 0.3) is 10.9 Å². The number of rotatable bonds is 4. The van der Waals surface area contributed by atoms with Crippen molar-refractivity contribution in [3.8, 4) is 17.7 Å². The van der Waals surface area contributed by atoms with Crippen LogP contribution in [0.4, 0.5) is 0 Å². The number of pyridine rings is 1. The molecule has 0 fully saturated rings. The number of nitrogens with zero attached hydrogens (tertiary/aromatic N) is 2. The van der Waals surface area contributed by atoms with E-state index in [1.807, 2.05) is 25.1 Å². The molecule has 2 rings (SSSR count). The normalized spacial score (nSPS) is 10.1. The lowest BCUT2D eigenvalue weighted by molar-refractivity contribution is 0.305. The average Bonchev–Trinajstić information content (AvgIpc) is 2.43. The van der Waals surface area contributed by atoms with Crippen molar-refractivity contribution in [2.24, 2.45) is 0 Å². The van der Waals surface area contributed by atoms with E-state index in [1.165, 1.54) is 0 Å². The van der Waals surface area contributed by atoms with Crippen LogP contribution in [0.15, 0.2) is 24.3 Å². The number of benzene rings is 1. The summed E-state index contributed by atoms with van der Waals surface area (Å²) < 4.78 is 10.6. The summed E-state index contributed by atoms with van der Waals surface area (Å²) in [6.45, 7) is 2.57. The van der Waals surface area contributed by atoms with Gasteiger partial charge in [0.1, 0.15) is 17.4 Å². The Hall–Kier alpha value is -2.28. The van der Waals surface area contributed by atoms with Gasteiger partial charge in [0, 0.05) is 5.39 Å². The maximum atomic E-state index is 9.10. The van der Waals surface area contributed by atoms with Crippen LogP contribution in [0.2, 0.25) is 0 Å². The van der Waals surface area contributed by atoms with Gasteiger partial charge in [-0.1, -0.05) is 6.92 Å². The van der Waals surface area contributed by atoms with E-state index in [0.29, 0.717) is 18.1 Å². The van der Waals surface area contributed by atoms with Crippen LogP contribution in [0.5, 0.6) is 11.6 Å². The molecule has 0 saturated heterocycles. The Morgan fingerprint density at radius 3 is 2.83 bits per heavy atom. The summed E-state index contributed by atoms with van der Waals surface area (Å²) in [6, 6.07) is 9.43. The second-order valence-corrected chi connectivity index (χ2v) is 3.86. The van der Waals surface area contributed by atoms with Gasteiger partial charge in [0.15, 0.2) is 0 Å². The SMILES string of the molecule is CCCOc1nc2ccc(OC)cc2cc1C#N. The van der Waals surface area contributed by atoms with Gasteiger partial charge < -0.3 is 9.47 Å². The third kappa shape index (κ3) is 2.35. The van der Waals surface area contributed by atoms with E-state index in [9.17, 15) is 0 Å². The van der Waals surface area contributed by atoms with Crippen LogP contribution in [0.3, 0.4) is 0 Å². The standard InChI is InChI=1S/C14H14N2O2/c1-3-6-18-14-11(9-15)7-10-8-12(17-2)4-5-13(10)16-14/h4-5,7-8H,3,6H2,1-2H3. The predicted molar refractivity (Wildman–Crippen MR) is 68.8 cm³/mol. The molecule has 0 bridgehead atoms. The van der Waals surface area contributed by atoms with Crippen molar-refractivity contribution in [2.45, 2.75) is 13.3 Å². The molecule has 0 unspecified atom stereocenters. The minimum atomic E-state index is 0.400. The number of hydrogen-bond acceptors (Lipinski definition) is 4. The number of ether oxygens (including phenoxy) is 2. The average molecular weight is 242 g/mol. The van der Waals surface area contributed by atoms with Gasteiger partial charge >= 0.3 is 0 Å². The molecule has 0 aliphatic heterocycles. The maximum absolute atomic E-state index is 9.10. The van der Waals surface area contributed by atoms with Crippen LogP contribution in [0, 0.1) is 11.3 Å². The number of nitriles is 1.